The summed E-state index contributed by atoms with van der Waals surface area (Å²) in [6.45, 7) is 7.77. The van der Waals surface area contributed by atoms with E-state index in [0.717, 1.165) is 30.2 Å². The molecular weight excluding hydrogens is 280 g/mol. The number of hydrogen-bond donors (Lipinski definition) is 2. The van der Waals surface area contributed by atoms with E-state index < -0.39 is 11.7 Å². The van der Waals surface area contributed by atoms with E-state index in [-0.39, 0.29) is 0 Å². The van der Waals surface area contributed by atoms with Crippen LogP contribution in [0, 0.1) is 5.92 Å². The second-order valence-corrected chi connectivity index (χ2v) is 6.96. The maximum absolute atomic E-state index is 12.0. The molecule has 5 heteroatoms. The summed E-state index contributed by atoms with van der Waals surface area (Å²) >= 11 is 0. The van der Waals surface area contributed by atoms with Crippen LogP contribution in [0.3, 0.4) is 0 Å². The largest absolute Gasteiger partial charge is 0.497 e. The lowest BCUT2D eigenvalue weighted by atomic mass is 9.82. The predicted molar refractivity (Wildman–Crippen MR) is 88.7 cm³/mol. The van der Waals surface area contributed by atoms with Gasteiger partial charge >= 0.3 is 6.09 Å². The standard InChI is InChI=1S/C17H26N2O3/c1-11-8-12(9-11)18-15-10-13(21-5)6-7-14(15)19-16(20)22-17(2,3)4/h6-7,10-12,18H,8-9H2,1-5H3,(H,19,20). The third-order valence-electron chi connectivity index (χ3n) is 3.60. The molecule has 0 unspecified atom stereocenters. The lowest BCUT2D eigenvalue weighted by molar-refractivity contribution is 0.0636. The molecule has 0 radical (unpaired) electrons. The molecule has 1 saturated carbocycles. The summed E-state index contributed by atoms with van der Waals surface area (Å²) in [6, 6.07) is 5.99. The number of amides is 1. The van der Waals surface area contributed by atoms with Gasteiger partial charge in [-0.1, -0.05) is 6.92 Å². The van der Waals surface area contributed by atoms with Crippen molar-refractivity contribution in [2.45, 2.75) is 52.2 Å². The molecule has 0 spiro atoms. The molecule has 0 saturated heterocycles. The summed E-state index contributed by atoms with van der Waals surface area (Å²) in [7, 11) is 1.63. The third kappa shape index (κ3) is 4.55. The normalized spacial score (nSPS) is 20.8. The van der Waals surface area contributed by atoms with E-state index in [1.54, 1.807) is 7.11 Å². The van der Waals surface area contributed by atoms with Gasteiger partial charge in [-0.05, 0) is 51.7 Å². The number of benzene rings is 1. The Labute approximate surface area is 132 Å². The lowest BCUT2D eigenvalue weighted by Crippen LogP contribution is -2.34. The van der Waals surface area contributed by atoms with Crippen molar-refractivity contribution in [1.82, 2.24) is 0 Å². The highest BCUT2D eigenvalue weighted by Crippen LogP contribution is 2.34. The Bertz CT molecular complexity index is 531. The number of methoxy groups -OCH3 is 1. The van der Waals surface area contributed by atoms with Gasteiger partial charge in [0.15, 0.2) is 0 Å². The summed E-state index contributed by atoms with van der Waals surface area (Å²) in [6.07, 6.45) is 1.83. The number of hydrogen-bond acceptors (Lipinski definition) is 4. The van der Waals surface area contributed by atoms with Crippen molar-refractivity contribution in [1.29, 1.82) is 0 Å². The van der Waals surface area contributed by atoms with Gasteiger partial charge in [0.25, 0.3) is 0 Å². The van der Waals surface area contributed by atoms with Gasteiger partial charge in [-0.15, -0.1) is 0 Å². The van der Waals surface area contributed by atoms with Crippen molar-refractivity contribution < 1.29 is 14.3 Å². The van der Waals surface area contributed by atoms with Crippen LogP contribution in [-0.2, 0) is 4.74 Å². The smallest absolute Gasteiger partial charge is 0.412 e. The SMILES string of the molecule is COc1ccc(NC(=O)OC(C)(C)C)c(NC2CC(C)C2)c1. The summed E-state index contributed by atoms with van der Waals surface area (Å²) in [5, 5.41) is 6.27. The van der Waals surface area contributed by atoms with Crippen LogP contribution in [0.2, 0.25) is 0 Å². The molecule has 1 aliphatic rings. The molecule has 1 fully saturated rings. The zero-order valence-corrected chi connectivity index (χ0v) is 14.0. The van der Waals surface area contributed by atoms with Gasteiger partial charge in [-0.25, -0.2) is 4.79 Å². The van der Waals surface area contributed by atoms with E-state index in [0.29, 0.717) is 11.7 Å². The first-order valence-corrected chi connectivity index (χ1v) is 7.71. The van der Waals surface area contributed by atoms with E-state index in [1.165, 1.54) is 0 Å². The molecule has 0 heterocycles. The van der Waals surface area contributed by atoms with Crippen LogP contribution in [0.1, 0.15) is 40.5 Å². The third-order valence-corrected chi connectivity index (χ3v) is 3.60. The average molecular weight is 306 g/mol. The number of nitrogens with one attached hydrogen (secondary N) is 2. The van der Waals surface area contributed by atoms with Crippen molar-refractivity contribution >= 4 is 17.5 Å². The second-order valence-electron chi connectivity index (χ2n) is 6.96. The predicted octanol–water partition coefficient (Wildman–Crippen LogP) is 4.25. The molecule has 1 amide bonds. The molecule has 1 aliphatic carbocycles. The van der Waals surface area contributed by atoms with Crippen molar-refractivity contribution in [3.63, 3.8) is 0 Å². The molecule has 5 nitrogen and oxygen atoms in total. The minimum absolute atomic E-state index is 0.446. The van der Waals surface area contributed by atoms with Crippen molar-refractivity contribution in [2.75, 3.05) is 17.7 Å². The number of carbonyl (C=O) groups excluding carboxylic acids is 1. The molecule has 0 atom stereocenters. The van der Waals surface area contributed by atoms with Gasteiger partial charge in [0.2, 0.25) is 0 Å². The van der Waals surface area contributed by atoms with E-state index in [2.05, 4.69) is 17.6 Å². The number of anilines is 2. The average Bonchev–Trinajstić information content (AvgIpc) is 2.36. The Hall–Kier alpha value is -1.91. The van der Waals surface area contributed by atoms with E-state index in [4.69, 9.17) is 9.47 Å². The Morgan fingerprint density at radius 1 is 1.23 bits per heavy atom. The van der Waals surface area contributed by atoms with E-state index in [9.17, 15) is 4.79 Å². The number of ether oxygens (including phenoxy) is 2. The maximum atomic E-state index is 12.0. The number of rotatable bonds is 4. The highest BCUT2D eigenvalue weighted by atomic mass is 16.6. The first-order valence-electron chi connectivity index (χ1n) is 7.71. The molecule has 122 valence electrons. The van der Waals surface area contributed by atoms with Crippen LogP contribution in [-0.4, -0.2) is 24.8 Å². The van der Waals surface area contributed by atoms with Gasteiger partial charge in [0, 0.05) is 12.1 Å². The molecule has 22 heavy (non-hydrogen) atoms. The Morgan fingerprint density at radius 3 is 2.45 bits per heavy atom. The summed E-state index contributed by atoms with van der Waals surface area (Å²) in [4.78, 5) is 12.0. The van der Waals surface area contributed by atoms with Gasteiger partial charge in [-0.3, -0.25) is 5.32 Å². The molecule has 0 aromatic heterocycles. The van der Waals surface area contributed by atoms with E-state index >= 15 is 0 Å². The van der Waals surface area contributed by atoms with Crippen LogP contribution >= 0.6 is 0 Å². The molecule has 1 aromatic carbocycles. The second kappa shape index (κ2) is 6.46. The fourth-order valence-corrected chi connectivity index (χ4v) is 2.53. The first kappa shape index (κ1) is 16.5. The lowest BCUT2D eigenvalue weighted by Gasteiger charge is -2.34. The van der Waals surface area contributed by atoms with Crippen molar-refractivity contribution in [3.05, 3.63) is 18.2 Å². The topological polar surface area (TPSA) is 59.6 Å². The zero-order valence-electron chi connectivity index (χ0n) is 14.0. The summed E-state index contributed by atoms with van der Waals surface area (Å²) < 4.78 is 10.6. The Morgan fingerprint density at radius 2 is 1.91 bits per heavy atom. The monoisotopic (exact) mass is 306 g/mol. The van der Waals surface area contributed by atoms with Gasteiger partial charge in [0.1, 0.15) is 11.4 Å². The molecule has 2 N–H and O–H groups in total. The highest BCUT2D eigenvalue weighted by molar-refractivity contribution is 5.90. The van der Waals surface area contributed by atoms with Crippen molar-refractivity contribution in [2.24, 2.45) is 5.92 Å². The maximum Gasteiger partial charge on any atom is 0.412 e. The van der Waals surface area contributed by atoms with Crippen molar-refractivity contribution in [3.8, 4) is 5.75 Å². The molecule has 1 aromatic rings. The van der Waals surface area contributed by atoms with Crippen LogP contribution in [0.25, 0.3) is 0 Å². The number of carbonyl (C=O) groups is 1. The van der Waals surface area contributed by atoms with Crippen LogP contribution < -0.4 is 15.4 Å². The molecule has 0 aliphatic heterocycles. The van der Waals surface area contributed by atoms with Crippen LogP contribution in [0.15, 0.2) is 18.2 Å². The first-order chi connectivity index (χ1) is 10.3. The van der Waals surface area contributed by atoms with Gasteiger partial charge < -0.3 is 14.8 Å². The minimum Gasteiger partial charge on any atom is -0.497 e. The fourth-order valence-electron chi connectivity index (χ4n) is 2.53. The van der Waals surface area contributed by atoms with Gasteiger partial charge in [-0.2, -0.15) is 0 Å². The van der Waals surface area contributed by atoms with Gasteiger partial charge in [0.05, 0.1) is 18.5 Å². The van der Waals surface area contributed by atoms with Crippen LogP contribution in [0.5, 0.6) is 5.75 Å². The quantitative estimate of drug-likeness (QED) is 0.873. The summed E-state index contributed by atoms with van der Waals surface area (Å²) in [5.74, 6) is 1.51. The highest BCUT2D eigenvalue weighted by Gasteiger charge is 2.26. The fraction of sp³-hybridized carbons (Fsp3) is 0.588. The molecule has 2 rings (SSSR count). The zero-order chi connectivity index (χ0) is 16.3. The molecule has 0 bridgehead atoms. The Balaban J connectivity index is 2.09. The summed E-state index contributed by atoms with van der Waals surface area (Å²) in [5.41, 5.74) is 1.05. The minimum atomic E-state index is -0.520. The van der Waals surface area contributed by atoms with Crippen LogP contribution in [0.4, 0.5) is 16.2 Å². The Kier molecular flexibility index (Phi) is 4.84. The van der Waals surface area contributed by atoms with E-state index in [1.807, 2.05) is 39.0 Å². The molecular formula is C17H26N2O3.